The Balaban J connectivity index is 1.54. The van der Waals surface area contributed by atoms with Crippen molar-refractivity contribution in [3.8, 4) is 0 Å². The third kappa shape index (κ3) is 2.94. The minimum Gasteiger partial charge on any atom is -0.360 e. The average molecular weight is 345 g/mol. The number of halogens is 1. The van der Waals surface area contributed by atoms with Gasteiger partial charge in [-0.25, -0.2) is 0 Å². The highest BCUT2D eigenvalue weighted by Crippen LogP contribution is 2.43. The molecular formula is C13H17BrN2S2. The summed E-state index contributed by atoms with van der Waals surface area (Å²) in [5.74, 6) is 1.26. The second kappa shape index (κ2) is 5.55. The Kier molecular flexibility index (Phi) is 4.01. The van der Waals surface area contributed by atoms with Gasteiger partial charge >= 0.3 is 0 Å². The van der Waals surface area contributed by atoms with Crippen molar-refractivity contribution < 1.29 is 0 Å². The van der Waals surface area contributed by atoms with E-state index >= 15 is 0 Å². The zero-order valence-corrected chi connectivity index (χ0v) is 13.5. The molecule has 1 spiro atoms. The fourth-order valence-corrected chi connectivity index (χ4v) is 5.27. The first-order valence-electron chi connectivity index (χ1n) is 6.41. The molecule has 1 aliphatic heterocycles. The van der Waals surface area contributed by atoms with Crippen molar-refractivity contribution in [2.45, 2.75) is 32.2 Å². The Morgan fingerprint density at radius 3 is 2.78 bits per heavy atom. The first kappa shape index (κ1) is 13.0. The van der Waals surface area contributed by atoms with Gasteiger partial charge in [0, 0.05) is 17.2 Å². The highest BCUT2D eigenvalue weighted by molar-refractivity contribution is 9.11. The number of thiophene rings is 1. The quantitative estimate of drug-likeness (QED) is 0.866. The zero-order valence-electron chi connectivity index (χ0n) is 10.2. The monoisotopic (exact) mass is 344 g/mol. The molecule has 1 aromatic rings. The van der Waals surface area contributed by atoms with E-state index in [1.807, 2.05) is 11.8 Å². The van der Waals surface area contributed by atoms with E-state index in [2.05, 4.69) is 33.4 Å². The highest BCUT2D eigenvalue weighted by Gasteiger charge is 2.36. The van der Waals surface area contributed by atoms with Crippen LogP contribution in [-0.4, -0.2) is 17.5 Å². The molecule has 0 radical (unpaired) electrons. The third-order valence-electron chi connectivity index (χ3n) is 3.78. The number of nitrogens with zero attached hydrogens (tertiary/aromatic N) is 1. The third-order valence-corrected chi connectivity index (χ3v) is 6.71. The van der Waals surface area contributed by atoms with Crippen LogP contribution in [0.5, 0.6) is 0 Å². The molecule has 2 aliphatic rings. The molecule has 1 aliphatic carbocycles. The Morgan fingerprint density at radius 2 is 2.17 bits per heavy atom. The van der Waals surface area contributed by atoms with Crippen molar-refractivity contribution in [1.82, 2.24) is 5.32 Å². The van der Waals surface area contributed by atoms with E-state index in [1.165, 1.54) is 40.1 Å². The molecule has 0 atom stereocenters. The number of hydrogen-bond donors (Lipinski definition) is 1. The Hall–Kier alpha value is -0.0000000000000000833. The van der Waals surface area contributed by atoms with Crippen LogP contribution in [0.3, 0.4) is 0 Å². The highest BCUT2D eigenvalue weighted by atomic mass is 79.9. The SMILES string of the molecule is Brc1ccc(CNC2=NCC3(CCCC3)CS2)s1. The molecule has 0 amide bonds. The van der Waals surface area contributed by atoms with Gasteiger partial charge in [0.2, 0.25) is 0 Å². The number of thioether (sulfide) groups is 1. The predicted molar refractivity (Wildman–Crippen MR) is 84.5 cm³/mol. The van der Waals surface area contributed by atoms with Gasteiger partial charge in [-0.2, -0.15) is 0 Å². The summed E-state index contributed by atoms with van der Waals surface area (Å²) in [5.41, 5.74) is 0.543. The summed E-state index contributed by atoms with van der Waals surface area (Å²) in [6.07, 6.45) is 5.58. The Bertz CT molecular complexity index is 450. The van der Waals surface area contributed by atoms with Crippen molar-refractivity contribution >= 4 is 44.2 Å². The smallest absolute Gasteiger partial charge is 0.156 e. The lowest BCUT2D eigenvalue weighted by Gasteiger charge is -2.31. The normalized spacial score (nSPS) is 22.2. The van der Waals surface area contributed by atoms with Gasteiger partial charge in [-0.05, 0) is 46.3 Å². The first-order valence-corrected chi connectivity index (χ1v) is 9.01. The number of amidine groups is 1. The van der Waals surface area contributed by atoms with Crippen molar-refractivity contribution in [2.24, 2.45) is 10.4 Å². The molecule has 2 heterocycles. The van der Waals surface area contributed by atoms with Crippen LogP contribution in [0.4, 0.5) is 0 Å². The van der Waals surface area contributed by atoms with Crippen molar-refractivity contribution in [1.29, 1.82) is 0 Å². The van der Waals surface area contributed by atoms with E-state index < -0.39 is 0 Å². The van der Waals surface area contributed by atoms with E-state index in [-0.39, 0.29) is 0 Å². The van der Waals surface area contributed by atoms with Crippen LogP contribution in [0.1, 0.15) is 30.6 Å². The average Bonchev–Trinajstić information content (AvgIpc) is 2.99. The molecule has 0 aromatic carbocycles. The van der Waals surface area contributed by atoms with Gasteiger partial charge in [-0.3, -0.25) is 4.99 Å². The summed E-state index contributed by atoms with van der Waals surface area (Å²) in [7, 11) is 0. The molecule has 1 fully saturated rings. The summed E-state index contributed by atoms with van der Waals surface area (Å²) in [4.78, 5) is 6.10. The molecule has 5 heteroatoms. The summed E-state index contributed by atoms with van der Waals surface area (Å²) < 4.78 is 1.20. The molecule has 0 saturated heterocycles. The molecule has 0 bridgehead atoms. The Labute approximate surface area is 125 Å². The molecular weight excluding hydrogens is 328 g/mol. The number of hydrogen-bond acceptors (Lipinski definition) is 4. The maximum atomic E-state index is 4.75. The maximum Gasteiger partial charge on any atom is 0.156 e. The summed E-state index contributed by atoms with van der Waals surface area (Å²) in [6.45, 7) is 1.94. The first-order chi connectivity index (χ1) is 8.76. The topological polar surface area (TPSA) is 24.4 Å². The predicted octanol–water partition coefficient (Wildman–Crippen LogP) is 4.26. The molecule has 1 saturated carbocycles. The van der Waals surface area contributed by atoms with Gasteiger partial charge < -0.3 is 5.32 Å². The van der Waals surface area contributed by atoms with E-state index in [1.54, 1.807) is 11.3 Å². The molecule has 98 valence electrons. The van der Waals surface area contributed by atoms with Crippen LogP contribution in [0.15, 0.2) is 20.9 Å². The summed E-state index contributed by atoms with van der Waals surface area (Å²) in [6, 6.07) is 4.26. The van der Waals surface area contributed by atoms with Crippen LogP contribution >= 0.6 is 39.0 Å². The fraction of sp³-hybridized carbons (Fsp3) is 0.615. The van der Waals surface area contributed by atoms with Gasteiger partial charge in [0.25, 0.3) is 0 Å². The van der Waals surface area contributed by atoms with E-state index in [0.717, 1.165) is 18.3 Å². The van der Waals surface area contributed by atoms with Crippen LogP contribution < -0.4 is 5.32 Å². The molecule has 0 unspecified atom stereocenters. The molecule has 3 rings (SSSR count). The maximum absolute atomic E-state index is 4.75. The molecule has 1 N–H and O–H groups in total. The van der Waals surface area contributed by atoms with Gasteiger partial charge in [0.05, 0.1) is 10.3 Å². The second-order valence-corrected chi connectivity index (χ2v) is 8.69. The fourth-order valence-electron chi connectivity index (χ4n) is 2.70. The molecule has 1 aromatic heterocycles. The van der Waals surface area contributed by atoms with Crippen LogP contribution in [0.25, 0.3) is 0 Å². The Morgan fingerprint density at radius 1 is 1.33 bits per heavy atom. The minimum absolute atomic E-state index is 0.543. The largest absolute Gasteiger partial charge is 0.360 e. The van der Waals surface area contributed by atoms with Crippen molar-refractivity contribution in [3.05, 3.63) is 20.8 Å². The minimum atomic E-state index is 0.543. The lowest BCUT2D eigenvalue weighted by atomic mass is 9.89. The van der Waals surface area contributed by atoms with E-state index in [9.17, 15) is 0 Å². The van der Waals surface area contributed by atoms with Crippen molar-refractivity contribution in [2.75, 3.05) is 12.3 Å². The van der Waals surface area contributed by atoms with Crippen molar-refractivity contribution in [3.63, 3.8) is 0 Å². The van der Waals surface area contributed by atoms with E-state index in [4.69, 9.17) is 4.99 Å². The molecule has 18 heavy (non-hydrogen) atoms. The van der Waals surface area contributed by atoms with Crippen LogP contribution in [0.2, 0.25) is 0 Å². The molecule has 2 nitrogen and oxygen atoms in total. The van der Waals surface area contributed by atoms with E-state index in [0.29, 0.717) is 5.41 Å². The lowest BCUT2D eigenvalue weighted by Crippen LogP contribution is -2.33. The van der Waals surface area contributed by atoms with Gasteiger partial charge in [0.1, 0.15) is 0 Å². The number of rotatable bonds is 2. The standard InChI is InChI=1S/C13H17BrN2S2/c14-11-4-3-10(18-11)7-15-12-16-8-13(9-17-12)5-1-2-6-13/h3-4H,1-2,5-9H2,(H,15,16). The second-order valence-electron chi connectivity index (χ2n) is 5.18. The number of aliphatic imine (C=N–C) groups is 1. The van der Waals surface area contributed by atoms with Gasteiger partial charge in [0.15, 0.2) is 5.17 Å². The van der Waals surface area contributed by atoms with Crippen LogP contribution in [0, 0.1) is 5.41 Å². The lowest BCUT2D eigenvalue weighted by molar-refractivity contribution is 0.358. The van der Waals surface area contributed by atoms with Crippen LogP contribution in [-0.2, 0) is 6.54 Å². The summed E-state index contributed by atoms with van der Waals surface area (Å²) in [5, 5.41) is 4.60. The number of nitrogens with one attached hydrogen (secondary N) is 1. The zero-order chi connectivity index (χ0) is 12.4. The van der Waals surface area contributed by atoms with Gasteiger partial charge in [-0.15, -0.1) is 11.3 Å². The summed E-state index contributed by atoms with van der Waals surface area (Å²) >= 11 is 7.20. The van der Waals surface area contributed by atoms with Gasteiger partial charge in [-0.1, -0.05) is 24.6 Å².